The number of fused-ring (bicyclic) bond motifs is 2. The molecule has 36 heavy (non-hydrogen) atoms. The summed E-state index contributed by atoms with van der Waals surface area (Å²) in [6, 6.07) is 11.7. The Morgan fingerprint density at radius 1 is 1.14 bits per heavy atom. The Morgan fingerprint density at radius 3 is 2.75 bits per heavy atom. The summed E-state index contributed by atoms with van der Waals surface area (Å²) < 4.78 is 17.5. The lowest BCUT2D eigenvalue weighted by atomic mass is 9.65. The molecule has 4 aromatic rings. The molecule has 2 aliphatic rings. The molecule has 0 amide bonds. The Hall–Kier alpha value is -3.63. The standard InChI is InChI=1S/C26H24FN7OS/c1-2-33-29-16-24(31-33)36-32-12-10-19-13-23-18(15-30-34(23)21-8-6-20(27)7-9-21)14-26(19,17-32)25(35)22-5-3-4-11-28-22/h3-9,11,13,15-16H,2,10,12,14,17H2,1H3. The van der Waals surface area contributed by atoms with E-state index < -0.39 is 5.41 Å². The molecule has 0 spiro atoms. The minimum atomic E-state index is -0.760. The molecule has 1 fully saturated rings. The second-order valence-electron chi connectivity index (χ2n) is 8.99. The van der Waals surface area contributed by atoms with Gasteiger partial charge >= 0.3 is 0 Å². The normalized spacial score (nSPS) is 19.4. The number of ketones is 1. The van der Waals surface area contributed by atoms with Gasteiger partial charge in [0, 0.05) is 19.3 Å². The summed E-state index contributed by atoms with van der Waals surface area (Å²) in [4.78, 5) is 20.1. The highest BCUT2D eigenvalue weighted by atomic mass is 32.2. The van der Waals surface area contributed by atoms with Gasteiger partial charge in [-0.05, 0) is 79.8 Å². The summed E-state index contributed by atoms with van der Waals surface area (Å²) >= 11 is 1.54. The lowest BCUT2D eigenvalue weighted by molar-refractivity contribution is 0.0775. The number of halogens is 1. The average molecular weight is 502 g/mol. The zero-order valence-corrected chi connectivity index (χ0v) is 20.5. The summed E-state index contributed by atoms with van der Waals surface area (Å²) in [5, 5.41) is 14.2. The first-order valence-corrected chi connectivity index (χ1v) is 12.7. The van der Waals surface area contributed by atoms with Crippen LogP contribution < -0.4 is 0 Å². The van der Waals surface area contributed by atoms with Crippen molar-refractivity contribution in [2.45, 2.75) is 31.3 Å². The Labute approximate surface area is 212 Å². The maximum absolute atomic E-state index is 14.1. The number of aryl methyl sites for hydroxylation is 1. The van der Waals surface area contributed by atoms with Crippen LogP contribution in [0.15, 0.2) is 71.7 Å². The van der Waals surface area contributed by atoms with Crippen LogP contribution in [0.1, 0.15) is 35.1 Å². The smallest absolute Gasteiger partial charge is 0.192 e. The number of Topliss-reactive ketones (excluding diaryl/α,β-unsaturated/α-hetero) is 1. The van der Waals surface area contributed by atoms with Crippen molar-refractivity contribution in [3.05, 3.63) is 89.4 Å². The van der Waals surface area contributed by atoms with Crippen molar-refractivity contribution in [3.8, 4) is 5.69 Å². The third-order valence-electron chi connectivity index (χ3n) is 6.81. The van der Waals surface area contributed by atoms with Gasteiger partial charge in [-0.3, -0.25) is 9.78 Å². The van der Waals surface area contributed by atoms with Crippen LogP contribution in [0.3, 0.4) is 0 Å². The number of carbonyl (C=O) groups excluding carboxylic acids is 1. The number of rotatable bonds is 6. The van der Waals surface area contributed by atoms with Crippen LogP contribution in [-0.2, 0) is 13.0 Å². The molecule has 0 saturated carbocycles. The predicted molar refractivity (Wildman–Crippen MR) is 134 cm³/mol. The van der Waals surface area contributed by atoms with Crippen molar-refractivity contribution in [1.82, 2.24) is 34.1 Å². The number of benzene rings is 1. The molecule has 182 valence electrons. The molecular weight excluding hydrogens is 477 g/mol. The Balaban J connectivity index is 1.39. The molecule has 10 heteroatoms. The van der Waals surface area contributed by atoms with Gasteiger partial charge in [0.15, 0.2) is 10.8 Å². The maximum atomic E-state index is 14.1. The van der Waals surface area contributed by atoms with E-state index in [4.69, 9.17) is 0 Å². The number of aromatic nitrogens is 6. The second-order valence-corrected chi connectivity index (χ2v) is 10.1. The lowest BCUT2D eigenvalue weighted by Gasteiger charge is -2.44. The molecular formula is C26H24FN7OS. The molecule has 0 radical (unpaired) electrons. The summed E-state index contributed by atoms with van der Waals surface area (Å²) in [6.07, 6.45) is 8.58. The summed E-state index contributed by atoms with van der Waals surface area (Å²) in [5.74, 6) is -0.279. The maximum Gasteiger partial charge on any atom is 0.192 e. The van der Waals surface area contributed by atoms with Crippen LogP contribution in [0.25, 0.3) is 11.8 Å². The van der Waals surface area contributed by atoms with Crippen molar-refractivity contribution in [1.29, 1.82) is 0 Å². The third-order valence-corrected chi connectivity index (χ3v) is 7.75. The van der Waals surface area contributed by atoms with Crippen molar-refractivity contribution >= 4 is 23.8 Å². The molecule has 1 aliphatic carbocycles. The number of hydrogen-bond acceptors (Lipinski definition) is 7. The minimum absolute atomic E-state index is 0.0112. The van der Waals surface area contributed by atoms with Gasteiger partial charge in [-0.25, -0.2) is 13.4 Å². The Bertz CT molecular complexity index is 1450. The van der Waals surface area contributed by atoms with E-state index in [9.17, 15) is 9.18 Å². The molecule has 1 unspecified atom stereocenters. The number of pyridine rings is 1. The summed E-state index contributed by atoms with van der Waals surface area (Å²) in [6.45, 7) is 4.00. The van der Waals surface area contributed by atoms with Crippen LogP contribution in [0.5, 0.6) is 0 Å². The fraction of sp³-hybridized carbons (Fsp3) is 0.269. The molecule has 0 N–H and O–H groups in total. The molecule has 3 aromatic heterocycles. The highest BCUT2D eigenvalue weighted by molar-refractivity contribution is 7.97. The molecule has 4 heterocycles. The highest BCUT2D eigenvalue weighted by Gasteiger charge is 2.49. The van der Waals surface area contributed by atoms with E-state index in [0.717, 1.165) is 40.5 Å². The average Bonchev–Trinajstić information content (AvgIpc) is 3.54. The molecule has 8 nitrogen and oxygen atoms in total. The van der Waals surface area contributed by atoms with Gasteiger partial charge in [-0.1, -0.05) is 11.6 Å². The fourth-order valence-electron chi connectivity index (χ4n) is 5.03. The summed E-state index contributed by atoms with van der Waals surface area (Å²) in [7, 11) is 0. The van der Waals surface area contributed by atoms with Crippen LogP contribution >= 0.6 is 11.9 Å². The number of carbonyl (C=O) groups is 1. The molecule has 0 bridgehead atoms. The van der Waals surface area contributed by atoms with Gasteiger partial charge in [0.05, 0.1) is 35.7 Å². The largest absolute Gasteiger partial charge is 0.291 e. The number of nitrogens with zero attached hydrogens (tertiary/aromatic N) is 7. The van der Waals surface area contributed by atoms with Gasteiger partial charge in [0.25, 0.3) is 0 Å². The monoisotopic (exact) mass is 501 g/mol. The van der Waals surface area contributed by atoms with E-state index in [1.54, 1.807) is 35.4 Å². The van der Waals surface area contributed by atoms with Crippen molar-refractivity contribution in [2.75, 3.05) is 13.1 Å². The molecule has 1 atom stereocenters. The number of hydrogen-bond donors (Lipinski definition) is 0. The van der Waals surface area contributed by atoms with E-state index in [1.807, 2.05) is 29.9 Å². The van der Waals surface area contributed by atoms with Gasteiger partial charge in [-0.2, -0.15) is 15.0 Å². The SMILES string of the molecule is CCn1ncc(SN2CCC3=Cc4c(cnn4-c4ccc(F)cc4)CC3(C(=O)c3ccccn3)C2)n1. The topological polar surface area (TPSA) is 81.7 Å². The molecule has 6 rings (SSSR count). The van der Waals surface area contributed by atoms with Crippen molar-refractivity contribution in [3.63, 3.8) is 0 Å². The minimum Gasteiger partial charge on any atom is -0.291 e. The van der Waals surface area contributed by atoms with Gasteiger partial charge < -0.3 is 0 Å². The van der Waals surface area contributed by atoms with E-state index in [2.05, 4.69) is 30.7 Å². The van der Waals surface area contributed by atoms with Crippen LogP contribution in [0.2, 0.25) is 0 Å². The Morgan fingerprint density at radius 2 is 2.00 bits per heavy atom. The fourth-order valence-corrected chi connectivity index (χ4v) is 5.99. The zero-order valence-electron chi connectivity index (χ0n) is 19.7. The lowest BCUT2D eigenvalue weighted by Crippen LogP contribution is -2.49. The summed E-state index contributed by atoms with van der Waals surface area (Å²) in [5.41, 5.74) is 3.48. The van der Waals surface area contributed by atoms with E-state index in [-0.39, 0.29) is 11.6 Å². The van der Waals surface area contributed by atoms with Gasteiger partial charge in [0.2, 0.25) is 0 Å². The van der Waals surface area contributed by atoms with Crippen LogP contribution in [-0.4, -0.2) is 52.9 Å². The quantitative estimate of drug-likeness (QED) is 0.289. The first-order valence-electron chi connectivity index (χ1n) is 11.9. The highest BCUT2D eigenvalue weighted by Crippen LogP contribution is 2.47. The Kier molecular flexibility index (Phi) is 5.77. The predicted octanol–water partition coefficient (Wildman–Crippen LogP) is 4.24. The zero-order chi connectivity index (χ0) is 24.7. The van der Waals surface area contributed by atoms with Crippen molar-refractivity contribution in [2.24, 2.45) is 5.41 Å². The molecule has 1 saturated heterocycles. The van der Waals surface area contributed by atoms with E-state index >= 15 is 0 Å². The van der Waals surface area contributed by atoms with Crippen LogP contribution in [0, 0.1) is 11.2 Å². The third kappa shape index (κ3) is 3.96. The first kappa shape index (κ1) is 22.8. The first-order chi connectivity index (χ1) is 17.6. The molecule has 1 aromatic carbocycles. The second kappa shape index (κ2) is 9.11. The van der Waals surface area contributed by atoms with E-state index in [0.29, 0.717) is 25.2 Å². The van der Waals surface area contributed by atoms with Crippen molar-refractivity contribution < 1.29 is 9.18 Å². The van der Waals surface area contributed by atoms with Gasteiger partial charge in [-0.15, -0.1) is 5.10 Å². The molecule has 1 aliphatic heterocycles. The van der Waals surface area contributed by atoms with Crippen LogP contribution in [0.4, 0.5) is 4.39 Å². The van der Waals surface area contributed by atoms with Gasteiger partial charge in [0.1, 0.15) is 11.5 Å². The van der Waals surface area contributed by atoms with E-state index in [1.165, 1.54) is 24.1 Å². The number of piperidine rings is 1.